The number of fused-ring (bicyclic) bond motifs is 1. The zero-order chi connectivity index (χ0) is 24.8. The van der Waals surface area contributed by atoms with Gasteiger partial charge in [-0.3, -0.25) is 14.5 Å². The second-order valence-corrected chi connectivity index (χ2v) is 8.25. The van der Waals surface area contributed by atoms with Gasteiger partial charge in [0.15, 0.2) is 23.0 Å². The van der Waals surface area contributed by atoms with Crippen molar-refractivity contribution in [3.8, 4) is 17.2 Å². The first-order valence-electron chi connectivity index (χ1n) is 11.0. The number of anilines is 1. The Balaban J connectivity index is 1.45. The second kappa shape index (κ2) is 11.0. The van der Waals surface area contributed by atoms with Crippen LogP contribution in [0.2, 0.25) is 5.02 Å². The molecule has 0 radical (unpaired) electrons. The van der Waals surface area contributed by atoms with E-state index in [2.05, 4.69) is 5.32 Å². The fourth-order valence-electron chi connectivity index (χ4n) is 3.75. The molecule has 0 spiro atoms. The van der Waals surface area contributed by atoms with Gasteiger partial charge < -0.3 is 19.5 Å². The van der Waals surface area contributed by atoms with Gasteiger partial charge in [-0.1, -0.05) is 41.9 Å². The molecule has 1 heterocycles. The average molecular weight is 493 g/mol. The molecule has 3 aromatic rings. The molecule has 0 atom stereocenters. The molecule has 4 rings (SSSR count). The number of carbonyl (C=O) groups is 2. The highest BCUT2D eigenvalue weighted by molar-refractivity contribution is 6.30. The predicted molar refractivity (Wildman–Crippen MR) is 135 cm³/mol. The first-order valence-corrected chi connectivity index (χ1v) is 11.4. The fraction of sp³-hybridized carbons (Fsp3) is 0.185. The minimum absolute atomic E-state index is 0.115. The van der Waals surface area contributed by atoms with Gasteiger partial charge in [-0.25, -0.2) is 0 Å². The van der Waals surface area contributed by atoms with E-state index in [-0.39, 0.29) is 18.2 Å². The van der Waals surface area contributed by atoms with E-state index in [0.29, 0.717) is 40.9 Å². The molecular weight excluding hydrogens is 468 g/mol. The normalized spacial score (nSPS) is 13.7. The van der Waals surface area contributed by atoms with Gasteiger partial charge in [0.05, 0.1) is 19.9 Å². The van der Waals surface area contributed by atoms with Gasteiger partial charge in [-0.05, 0) is 60.0 Å². The Morgan fingerprint density at radius 3 is 2.60 bits per heavy atom. The molecule has 35 heavy (non-hydrogen) atoms. The number of nitrogens with zero attached hydrogens (tertiary/aromatic N) is 1. The summed E-state index contributed by atoms with van der Waals surface area (Å²) in [5.41, 5.74) is 2.25. The van der Waals surface area contributed by atoms with E-state index >= 15 is 0 Å². The van der Waals surface area contributed by atoms with Crippen LogP contribution in [0.25, 0.3) is 6.08 Å². The number of carbonyl (C=O) groups excluding carboxylic acids is 2. The zero-order valence-corrected chi connectivity index (χ0v) is 20.2. The highest BCUT2D eigenvalue weighted by Crippen LogP contribution is 2.35. The van der Waals surface area contributed by atoms with Crippen molar-refractivity contribution in [1.29, 1.82) is 0 Å². The van der Waals surface area contributed by atoms with Crippen LogP contribution in [0.1, 0.15) is 11.1 Å². The van der Waals surface area contributed by atoms with Crippen molar-refractivity contribution in [3.05, 3.63) is 88.6 Å². The molecule has 7 nitrogen and oxygen atoms in total. The van der Waals surface area contributed by atoms with E-state index in [0.717, 1.165) is 11.1 Å². The largest absolute Gasteiger partial charge is 0.493 e. The van der Waals surface area contributed by atoms with E-state index in [1.54, 1.807) is 56.7 Å². The van der Waals surface area contributed by atoms with Crippen LogP contribution >= 0.6 is 11.6 Å². The summed E-state index contributed by atoms with van der Waals surface area (Å²) in [5, 5.41) is 3.44. The molecular formula is C27H25ClN2O5. The predicted octanol–water partition coefficient (Wildman–Crippen LogP) is 4.48. The van der Waals surface area contributed by atoms with Gasteiger partial charge in [-0.15, -0.1) is 0 Å². The Kier molecular flexibility index (Phi) is 7.57. The lowest BCUT2D eigenvalue weighted by atomic mass is 10.1. The fourth-order valence-corrected chi connectivity index (χ4v) is 3.95. The van der Waals surface area contributed by atoms with Gasteiger partial charge in [0.25, 0.3) is 5.91 Å². The highest BCUT2D eigenvalue weighted by atomic mass is 35.5. The number of nitrogens with one attached hydrogen (secondary N) is 1. The second-order valence-electron chi connectivity index (χ2n) is 7.81. The molecule has 2 amide bonds. The lowest BCUT2D eigenvalue weighted by molar-refractivity contribution is -0.123. The molecule has 0 bridgehead atoms. The smallest absolute Gasteiger partial charge is 0.294 e. The summed E-state index contributed by atoms with van der Waals surface area (Å²) in [7, 11) is 3.16. The maximum atomic E-state index is 13.2. The SMILES string of the molecule is COc1ccc(CCNC(=O)CN2C(=O)/C(=C\c3cccc(Cl)c3)Oc3ccccc32)cc1OC. The van der Waals surface area contributed by atoms with Crippen molar-refractivity contribution in [2.24, 2.45) is 0 Å². The number of methoxy groups -OCH3 is 2. The van der Waals surface area contributed by atoms with Gasteiger partial charge >= 0.3 is 0 Å². The topological polar surface area (TPSA) is 77.1 Å². The molecule has 0 saturated heterocycles. The monoisotopic (exact) mass is 492 g/mol. The van der Waals surface area contributed by atoms with Gasteiger partial charge in [0.1, 0.15) is 6.54 Å². The van der Waals surface area contributed by atoms with Crippen molar-refractivity contribution in [2.45, 2.75) is 6.42 Å². The number of halogens is 1. The molecule has 1 aliphatic heterocycles. The lowest BCUT2D eigenvalue weighted by Gasteiger charge is -2.30. The minimum atomic E-state index is -0.404. The summed E-state index contributed by atoms with van der Waals surface area (Å²) in [6.45, 7) is 0.262. The molecule has 8 heteroatoms. The van der Waals surface area contributed by atoms with E-state index < -0.39 is 5.91 Å². The summed E-state index contributed by atoms with van der Waals surface area (Å²) in [5.74, 6) is 1.20. The molecule has 3 aromatic carbocycles. The number of hydrogen-bond acceptors (Lipinski definition) is 5. The molecule has 1 aliphatic rings. The molecule has 180 valence electrons. The van der Waals surface area contributed by atoms with Crippen LogP contribution in [0, 0.1) is 0 Å². The number of hydrogen-bond donors (Lipinski definition) is 1. The van der Waals surface area contributed by atoms with Crippen LogP contribution in [0.5, 0.6) is 17.2 Å². The zero-order valence-electron chi connectivity index (χ0n) is 19.4. The number of ether oxygens (including phenoxy) is 3. The first-order chi connectivity index (χ1) is 17.0. The quantitative estimate of drug-likeness (QED) is 0.469. The standard InChI is InChI=1S/C27H25ClN2O5/c1-33-23-11-10-18(15-24(23)34-2)12-13-29-26(31)17-30-21-8-3-4-9-22(21)35-25(27(30)32)16-19-6-5-7-20(28)14-19/h3-11,14-16H,12-13,17H2,1-2H3,(H,29,31)/b25-16+. The number of benzene rings is 3. The molecule has 0 aromatic heterocycles. The van der Waals surface area contributed by atoms with E-state index in [4.69, 9.17) is 25.8 Å². The van der Waals surface area contributed by atoms with Gasteiger partial charge in [0.2, 0.25) is 5.91 Å². The Bertz CT molecular complexity index is 1270. The van der Waals surface area contributed by atoms with E-state index in [1.807, 2.05) is 30.3 Å². The molecule has 0 saturated carbocycles. The number of rotatable bonds is 8. The molecule has 0 aliphatic carbocycles. The Hall–Kier alpha value is -3.97. The molecule has 0 unspecified atom stereocenters. The summed E-state index contributed by atoms with van der Waals surface area (Å²) >= 11 is 6.07. The number of amides is 2. The maximum absolute atomic E-state index is 13.2. The van der Waals surface area contributed by atoms with Crippen LogP contribution < -0.4 is 24.4 Å². The third-order valence-electron chi connectivity index (χ3n) is 5.46. The maximum Gasteiger partial charge on any atom is 0.294 e. The summed E-state index contributed by atoms with van der Waals surface area (Å²) < 4.78 is 16.4. The summed E-state index contributed by atoms with van der Waals surface area (Å²) in [4.78, 5) is 27.4. The van der Waals surface area contributed by atoms with Crippen molar-refractivity contribution in [1.82, 2.24) is 5.32 Å². The van der Waals surface area contributed by atoms with Crippen LogP contribution in [0.4, 0.5) is 5.69 Å². The van der Waals surface area contributed by atoms with Crippen LogP contribution in [0.15, 0.2) is 72.5 Å². The van der Waals surface area contributed by atoms with Crippen molar-refractivity contribution in [2.75, 3.05) is 32.2 Å². The van der Waals surface area contributed by atoms with Crippen molar-refractivity contribution in [3.63, 3.8) is 0 Å². The number of para-hydroxylation sites is 2. The first kappa shape index (κ1) is 24.2. The third-order valence-corrected chi connectivity index (χ3v) is 5.70. The Labute approximate surface area is 208 Å². The van der Waals surface area contributed by atoms with Crippen molar-refractivity contribution < 1.29 is 23.8 Å². The van der Waals surface area contributed by atoms with Crippen LogP contribution in [-0.2, 0) is 16.0 Å². The van der Waals surface area contributed by atoms with E-state index in [9.17, 15) is 9.59 Å². The molecule has 0 fully saturated rings. The summed E-state index contributed by atoms with van der Waals surface area (Å²) in [6, 6.07) is 19.8. The van der Waals surface area contributed by atoms with Crippen LogP contribution in [-0.4, -0.2) is 39.1 Å². The Morgan fingerprint density at radius 1 is 1.03 bits per heavy atom. The summed E-state index contributed by atoms with van der Waals surface area (Å²) in [6.07, 6.45) is 2.21. The van der Waals surface area contributed by atoms with Gasteiger partial charge in [0, 0.05) is 11.6 Å². The van der Waals surface area contributed by atoms with Crippen molar-refractivity contribution >= 4 is 35.2 Å². The minimum Gasteiger partial charge on any atom is -0.493 e. The van der Waals surface area contributed by atoms with Gasteiger partial charge in [-0.2, -0.15) is 0 Å². The third kappa shape index (κ3) is 5.75. The average Bonchev–Trinajstić information content (AvgIpc) is 2.86. The Morgan fingerprint density at radius 2 is 1.83 bits per heavy atom. The highest BCUT2D eigenvalue weighted by Gasteiger charge is 2.31. The lowest BCUT2D eigenvalue weighted by Crippen LogP contribution is -2.44. The van der Waals surface area contributed by atoms with E-state index in [1.165, 1.54) is 4.90 Å². The molecule has 1 N–H and O–H groups in total. The van der Waals surface area contributed by atoms with Crippen LogP contribution in [0.3, 0.4) is 0 Å².